The number of unbranched alkanes of at least 4 members (excludes halogenated alkanes) is 21. The third-order valence-corrected chi connectivity index (χ3v) is 9.09. The van der Waals surface area contributed by atoms with Crippen LogP contribution < -0.4 is 0 Å². The summed E-state index contributed by atoms with van der Waals surface area (Å²) in [4.78, 5) is 37.6. The highest BCUT2D eigenvalue weighted by molar-refractivity contribution is 5.71. The van der Waals surface area contributed by atoms with E-state index in [-0.39, 0.29) is 31.1 Å². The summed E-state index contributed by atoms with van der Waals surface area (Å²) >= 11 is 0. The van der Waals surface area contributed by atoms with Gasteiger partial charge in [-0.1, -0.05) is 147 Å². The minimum absolute atomic E-state index is 0.0833. The fourth-order valence-corrected chi connectivity index (χ4v) is 5.75. The molecule has 0 N–H and O–H groups in total. The molecule has 0 fully saturated rings. The van der Waals surface area contributed by atoms with Gasteiger partial charge in [0.1, 0.15) is 13.2 Å². The molecule has 1 unspecified atom stereocenters. The number of hydrogen-bond donors (Lipinski definition) is 0. The van der Waals surface area contributed by atoms with Crippen LogP contribution in [0.1, 0.15) is 213 Å². The fourth-order valence-electron chi connectivity index (χ4n) is 5.75. The predicted molar refractivity (Wildman–Crippen MR) is 215 cm³/mol. The van der Waals surface area contributed by atoms with Crippen molar-refractivity contribution in [3.63, 3.8) is 0 Å². The summed E-state index contributed by atoms with van der Waals surface area (Å²) in [5, 5.41) is 0. The van der Waals surface area contributed by atoms with Crippen LogP contribution in [-0.2, 0) is 28.6 Å². The molecule has 0 radical (unpaired) electrons. The number of carbonyl (C=O) groups excluding carboxylic acids is 3. The molecule has 0 saturated heterocycles. The molecule has 1 atom stereocenters. The van der Waals surface area contributed by atoms with Gasteiger partial charge in [-0.05, 0) is 83.5 Å². The zero-order valence-electron chi connectivity index (χ0n) is 33.6. The van der Waals surface area contributed by atoms with Gasteiger partial charge in [0.2, 0.25) is 0 Å². The Morgan fingerprint density at radius 1 is 0.373 bits per heavy atom. The third kappa shape index (κ3) is 38.7. The normalized spacial score (nSPS) is 12.3. The maximum absolute atomic E-state index is 12.6. The number of allylic oxidation sites excluding steroid dienone is 6. The Labute approximate surface area is 315 Å². The Morgan fingerprint density at radius 3 is 1.04 bits per heavy atom. The second-order valence-corrected chi connectivity index (χ2v) is 14.2. The SMILES string of the molecule is CCCC/C=C\CCCCCCCC(=O)OC(COC(=O)CCCCCC/C=C\CCCC)COC(=O)CCCCCCC/C=C\CCCCC. The highest BCUT2D eigenvalue weighted by atomic mass is 16.6. The van der Waals surface area contributed by atoms with Crippen molar-refractivity contribution in [3.05, 3.63) is 36.5 Å². The summed E-state index contributed by atoms with van der Waals surface area (Å²) < 4.78 is 16.6. The molecule has 0 amide bonds. The average Bonchev–Trinajstić information content (AvgIpc) is 3.12. The van der Waals surface area contributed by atoms with Crippen molar-refractivity contribution in [2.45, 2.75) is 219 Å². The van der Waals surface area contributed by atoms with Gasteiger partial charge in [0.25, 0.3) is 0 Å². The van der Waals surface area contributed by atoms with E-state index >= 15 is 0 Å². The van der Waals surface area contributed by atoms with Gasteiger partial charge in [0, 0.05) is 19.3 Å². The second-order valence-electron chi connectivity index (χ2n) is 14.2. The summed E-state index contributed by atoms with van der Waals surface area (Å²) in [6, 6.07) is 0. The Bertz CT molecular complexity index is 876. The van der Waals surface area contributed by atoms with Crippen LogP contribution in [0.25, 0.3) is 0 Å². The highest BCUT2D eigenvalue weighted by Crippen LogP contribution is 2.13. The van der Waals surface area contributed by atoms with E-state index < -0.39 is 6.10 Å². The standard InChI is InChI=1S/C45H80O6/c1-4-7-10-13-16-19-22-24-26-29-32-35-38-44(47)50-41-42(40-49-43(46)37-34-31-28-25-21-18-15-12-9-6-3)51-45(48)39-36-33-30-27-23-20-17-14-11-8-5-2/h14-19,42H,4-13,20-41H2,1-3H3/b17-14-,18-15-,19-16-. The van der Waals surface area contributed by atoms with E-state index in [0.717, 1.165) is 96.3 Å². The fraction of sp³-hybridized carbons (Fsp3) is 0.800. The molecule has 0 aromatic rings. The summed E-state index contributed by atoms with van der Waals surface area (Å²) in [5.74, 6) is -0.919. The highest BCUT2D eigenvalue weighted by Gasteiger charge is 2.19. The molecule has 0 spiro atoms. The molecule has 0 saturated carbocycles. The van der Waals surface area contributed by atoms with Crippen molar-refractivity contribution in [2.75, 3.05) is 13.2 Å². The first-order chi connectivity index (χ1) is 25.0. The van der Waals surface area contributed by atoms with Crippen molar-refractivity contribution in [1.82, 2.24) is 0 Å². The lowest BCUT2D eigenvalue weighted by atomic mass is 10.1. The molecule has 51 heavy (non-hydrogen) atoms. The second kappa shape index (κ2) is 40.4. The first-order valence-corrected chi connectivity index (χ1v) is 21.5. The zero-order valence-corrected chi connectivity index (χ0v) is 33.6. The van der Waals surface area contributed by atoms with Crippen molar-refractivity contribution < 1.29 is 28.6 Å². The summed E-state index contributed by atoms with van der Waals surface area (Å²) in [6.07, 6.45) is 44.1. The Hall–Kier alpha value is -2.37. The van der Waals surface area contributed by atoms with E-state index in [2.05, 4.69) is 57.2 Å². The Balaban J connectivity index is 4.41. The molecule has 0 rings (SSSR count). The molecule has 0 aromatic heterocycles. The smallest absolute Gasteiger partial charge is 0.306 e. The monoisotopic (exact) mass is 717 g/mol. The van der Waals surface area contributed by atoms with Crippen LogP contribution in [0.3, 0.4) is 0 Å². The molecule has 0 heterocycles. The van der Waals surface area contributed by atoms with Crippen molar-refractivity contribution >= 4 is 17.9 Å². The number of ether oxygens (including phenoxy) is 3. The van der Waals surface area contributed by atoms with Crippen LogP contribution in [0.15, 0.2) is 36.5 Å². The Morgan fingerprint density at radius 2 is 0.667 bits per heavy atom. The average molecular weight is 717 g/mol. The summed E-state index contributed by atoms with van der Waals surface area (Å²) in [6.45, 7) is 6.49. The minimum atomic E-state index is -0.778. The van der Waals surface area contributed by atoms with E-state index in [1.54, 1.807) is 0 Å². The topological polar surface area (TPSA) is 78.9 Å². The lowest BCUT2D eigenvalue weighted by molar-refractivity contribution is -0.167. The molecule has 296 valence electrons. The lowest BCUT2D eigenvalue weighted by Gasteiger charge is -2.18. The maximum atomic E-state index is 12.6. The van der Waals surface area contributed by atoms with Crippen molar-refractivity contribution in [1.29, 1.82) is 0 Å². The molecule has 0 aliphatic carbocycles. The molecule has 0 aliphatic rings. The quantitative estimate of drug-likeness (QED) is 0.0274. The minimum Gasteiger partial charge on any atom is -0.462 e. The first kappa shape index (κ1) is 48.6. The lowest BCUT2D eigenvalue weighted by Crippen LogP contribution is -2.30. The summed E-state index contributed by atoms with van der Waals surface area (Å²) in [7, 11) is 0. The van der Waals surface area contributed by atoms with Crippen LogP contribution >= 0.6 is 0 Å². The molecular formula is C45H80O6. The van der Waals surface area contributed by atoms with Crippen LogP contribution in [0, 0.1) is 0 Å². The number of esters is 3. The van der Waals surface area contributed by atoms with Gasteiger partial charge >= 0.3 is 17.9 Å². The van der Waals surface area contributed by atoms with E-state index in [4.69, 9.17) is 14.2 Å². The van der Waals surface area contributed by atoms with Crippen molar-refractivity contribution in [3.8, 4) is 0 Å². The van der Waals surface area contributed by atoms with Gasteiger partial charge in [-0.25, -0.2) is 0 Å². The van der Waals surface area contributed by atoms with E-state index in [0.29, 0.717) is 19.3 Å². The number of hydrogen-bond acceptors (Lipinski definition) is 6. The van der Waals surface area contributed by atoms with E-state index in [1.807, 2.05) is 0 Å². The Kier molecular flexibility index (Phi) is 38.5. The van der Waals surface area contributed by atoms with Gasteiger partial charge in [-0.3, -0.25) is 14.4 Å². The van der Waals surface area contributed by atoms with Gasteiger partial charge in [0.15, 0.2) is 6.10 Å². The molecule has 0 aliphatic heterocycles. The van der Waals surface area contributed by atoms with E-state index in [9.17, 15) is 14.4 Å². The van der Waals surface area contributed by atoms with Gasteiger partial charge in [0.05, 0.1) is 0 Å². The largest absolute Gasteiger partial charge is 0.462 e. The van der Waals surface area contributed by atoms with Crippen molar-refractivity contribution in [2.24, 2.45) is 0 Å². The first-order valence-electron chi connectivity index (χ1n) is 21.5. The molecule has 6 nitrogen and oxygen atoms in total. The van der Waals surface area contributed by atoms with Gasteiger partial charge < -0.3 is 14.2 Å². The van der Waals surface area contributed by atoms with Crippen LogP contribution in [0.4, 0.5) is 0 Å². The van der Waals surface area contributed by atoms with Crippen LogP contribution in [0.2, 0.25) is 0 Å². The zero-order chi connectivity index (χ0) is 37.3. The van der Waals surface area contributed by atoms with Gasteiger partial charge in [-0.15, -0.1) is 0 Å². The molecule has 6 heteroatoms. The van der Waals surface area contributed by atoms with Crippen LogP contribution in [0.5, 0.6) is 0 Å². The molecular weight excluding hydrogens is 636 g/mol. The molecule has 0 bridgehead atoms. The van der Waals surface area contributed by atoms with Crippen LogP contribution in [-0.4, -0.2) is 37.2 Å². The maximum Gasteiger partial charge on any atom is 0.306 e. The summed E-state index contributed by atoms with van der Waals surface area (Å²) in [5.41, 5.74) is 0. The third-order valence-electron chi connectivity index (χ3n) is 9.09. The predicted octanol–water partition coefficient (Wildman–Crippen LogP) is 13.4. The van der Waals surface area contributed by atoms with Gasteiger partial charge in [-0.2, -0.15) is 0 Å². The number of rotatable bonds is 38. The molecule has 0 aromatic carbocycles. The van der Waals surface area contributed by atoms with E-state index in [1.165, 1.54) is 77.0 Å². The number of carbonyl (C=O) groups is 3.